The van der Waals surface area contributed by atoms with E-state index in [2.05, 4.69) is 19.7 Å². The summed E-state index contributed by atoms with van der Waals surface area (Å²) in [7, 11) is -3.74. The van der Waals surface area contributed by atoms with Gasteiger partial charge >= 0.3 is 12.1 Å². The molecule has 0 radical (unpaired) electrons. The third kappa shape index (κ3) is 4.59. The Morgan fingerprint density at radius 1 is 1.11 bits per heavy atom. The minimum Gasteiger partial charge on any atom is -0.470 e. The molecule has 0 aliphatic rings. The number of sulfone groups is 1. The highest BCUT2D eigenvalue weighted by Gasteiger charge is 2.58. The van der Waals surface area contributed by atoms with Gasteiger partial charge in [0.15, 0.2) is 16.4 Å². The van der Waals surface area contributed by atoms with Crippen LogP contribution < -0.4 is 10.3 Å². The van der Waals surface area contributed by atoms with Gasteiger partial charge in [-0.25, -0.2) is 18.4 Å². The summed E-state index contributed by atoms with van der Waals surface area (Å²) in [6.07, 6.45) is -4.18. The Bertz CT molecular complexity index is 971. The molecule has 0 saturated carbocycles. The molecule has 0 spiro atoms. The van der Waals surface area contributed by atoms with Gasteiger partial charge in [-0.1, -0.05) is 6.92 Å². The molecule has 148 valence electrons. The number of aromatic amines is 1. The number of ether oxygens (including phenoxy) is 1. The zero-order chi connectivity index (χ0) is 20.5. The lowest BCUT2D eigenvalue weighted by Crippen LogP contribution is -2.41. The molecule has 27 heavy (non-hydrogen) atoms. The van der Waals surface area contributed by atoms with Crippen molar-refractivity contribution in [2.24, 2.45) is 0 Å². The highest BCUT2D eigenvalue weighted by molar-refractivity contribution is 7.91. The molecular formula is C14H12F5N3O4S. The van der Waals surface area contributed by atoms with Gasteiger partial charge in [-0.3, -0.25) is 4.79 Å². The Labute approximate surface area is 149 Å². The predicted molar refractivity (Wildman–Crippen MR) is 82.3 cm³/mol. The molecule has 7 nitrogen and oxygen atoms in total. The van der Waals surface area contributed by atoms with Crippen molar-refractivity contribution < 1.29 is 35.1 Å². The number of nitrogens with one attached hydrogen (secondary N) is 1. The Balaban J connectivity index is 2.31. The number of hydrogen-bond donors (Lipinski definition) is 1. The third-order valence-corrected chi connectivity index (χ3v) is 5.07. The maximum Gasteiger partial charge on any atom is 0.456 e. The molecule has 0 unspecified atom stereocenters. The van der Waals surface area contributed by atoms with Gasteiger partial charge in [-0.15, -0.1) is 0 Å². The van der Waals surface area contributed by atoms with Crippen LogP contribution in [0.1, 0.15) is 6.92 Å². The van der Waals surface area contributed by atoms with Gasteiger partial charge < -0.3 is 9.72 Å². The number of aromatic nitrogens is 3. The number of alkyl halides is 5. The van der Waals surface area contributed by atoms with Crippen molar-refractivity contribution in [3.63, 3.8) is 0 Å². The van der Waals surface area contributed by atoms with Crippen LogP contribution in [0.3, 0.4) is 0 Å². The molecule has 0 saturated heterocycles. The molecule has 2 rings (SSSR count). The van der Waals surface area contributed by atoms with E-state index in [1.807, 2.05) is 0 Å². The molecule has 0 atom stereocenters. The van der Waals surface area contributed by atoms with E-state index < -0.39 is 40.0 Å². The first-order chi connectivity index (χ1) is 12.4. The minimum atomic E-state index is -5.78. The molecule has 0 aromatic carbocycles. The number of halogens is 5. The lowest BCUT2D eigenvalue weighted by atomic mass is 10.3. The zero-order valence-corrected chi connectivity index (χ0v) is 14.4. The number of nitrogens with zero attached hydrogens (tertiary/aromatic N) is 2. The van der Waals surface area contributed by atoms with Gasteiger partial charge in [0, 0.05) is 6.07 Å². The van der Waals surface area contributed by atoms with E-state index in [9.17, 15) is 35.2 Å². The predicted octanol–water partition coefficient (Wildman–Crippen LogP) is 2.20. The van der Waals surface area contributed by atoms with Crippen LogP contribution in [0.2, 0.25) is 0 Å². The van der Waals surface area contributed by atoms with Gasteiger partial charge in [0.2, 0.25) is 11.4 Å². The van der Waals surface area contributed by atoms with Crippen molar-refractivity contribution >= 4 is 9.84 Å². The summed E-state index contributed by atoms with van der Waals surface area (Å²) < 4.78 is 90.4. The maximum absolute atomic E-state index is 12.8. The van der Waals surface area contributed by atoms with Gasteiger partial charge in [0.25, 0.3) is 0 Å². The lowest BCUT2D eigenvalue weighted by Gasteiger charge is -2.19. The largest absolute Gasteiger partial charge is 0.470 e. The smallest absolute Gasteiger partial charge is 0.456 e. The van der Waals surface area contributed by atoms with Crippen molar-refractivity contribution in [2.75, 3.05) is 12.4 Å². The fourth-order valence-electron chi connectivity index (χ4n) is 1.83. The number of rotatable bonds is 6. The van der Waals surface area contributed by atoms with Crippen LogP contribution in [-0.4, -0.2) is 47.8 Å². The molecule has 2 aromatic heterocycles. The molecule has 0 bridgehead atoms. The SMILES string of the molecule is CCS(=O)(=O)c1ccc(=O)[nH]c1-c1cnc(OCC(F)(F)C(F)(F)F)cn1. The second-order valence-electron chi connectivity index (χ2n) is 5.20. The van der Waals surface area contributed by atoms with Crippen LogP contribution >= 0.6 is 0 Å². The average molecular weight is 413 g/mol. The maximum atomic E-state index is 12.8. The Hall–Kier alpha value is -2.57. The van der Waals surface area contributed by atoms with Crippen LogP contribution in [-0.2, 0) is 9.84 Å². The van der Waals surface area contributed by atoms with E-state index in [1.165, 1.54) is 6.92 Å². The first-order valence-corrected chi connectivity index (χ1v) is 8.88. The topological polar surface area (TPSA) is 102 Å². The van der Waals surface area contributed by atoms with E-state index in [0.29, 0.717) is 0 Å². The molecule has 13 heteroatoms. The van der Waals surface area contributed by atoms with E-state index in [4.69, 9.17) is 0 Å². The highest BCUT2D eigenvalue weighted by atomic mass is 32.2. The first kappa shape index (κ1) is 20.7. The number of pyridine rings is 1. The molecule has 1 N–H and O–H groups in total. The summed E-state index contributed by atoms with van der Waals surface area (Å²) in [5, 5.41) is 0. The lowest BCUT2D eigenvalue weighted by molar-refractivity contribution is -0.290. The molecule has 2 heterocycles. The summed E-state index contributed by atoms with van der Waals surface area (Å²) in [6.45, 7) is -0.615. The van der Waals surface area contributed by atoms with Crippen LogP contribution in [0.4, 0.5) is 22.0 Å². The first-order valence-electron chi connectivity index (χ1n) is 7.23. The second-order valence-corrected chi connectivity index (χ2v) is 7.44. The van der Waals surface area contributed by atoms with Crippen molar-refractivity contribution in [1.29, 1.82) is 0 Å². The number of hydrogen-bond acceptors (Lipinski definition) is 6. The zero-order valence-electron chi connectivity index (χ0n) is 13.5. The van der Waals surface area contributed by atoms with Crippen molar-refractivity contribution in [3.05, 3.63) is 34.9 Å². The van der Waals surface area contributed by atoms with Crippen molar-refractivity contribution in [3.8, 4) is 17.3 Å². The van der Waals surface area contributed by atoms with Crippen molar-refractivity contribution in [1.82, 2.24) is 15.0 Å². The molecule has 2 aromatic rings. The van der Waals surface area contributed by atoms with Crippen molar-refractivity contribution in [2.45, 2.75) is 23.9 Å². The normalized spacial score (nSPS) is 12.8. The van der Waals surface area contributed by atoms with Gasteiger partial charge in [0.1, 0.15) is 5.69 Å². The van der Waals surface area contributed by atoms with Gasteiger partial charge in [-0.2, -0.15) is 22.0 Å². The molecule has 0 aliphatic carbocycles. The summed E-state index contributed by atoms with van der Waals surface area (Å²) >= 11 is 0. The minimum absolute atomic E-state index is 0.144. The van der Waals surface area contributed by atoms with Crippen LogP contribution in [0.15, 0.2) is 34.2 Å². The fraction of sp³-hybridized carbons (Fsp3) is 0.357. The monoisotopic (exact) mass is 413 g/mol. The van der Waals surface area contributed by atoms with Gasteiger partial charge in [0.05, 0.1) is 28.7 Å². The third-order valence-electron chi connectivity index (χ3n) is 3.30. The van der Waals surface area contributed by atoms with Crippen LogP contribution in [0.5, 0.6) is 5.88 Å². The van der Waals surface area contributed by atoms with Crippen LogP contribution in [0, 0.1) is 0 Å². The van der Waals surface area contributed by atoms with Crippen LogP contribution in [0.25, 0.3) is 11.4 Å². The molecule has 0 amide bonds. The van der Waals surface area contributed by atoms with E-state index >= 15 is 0 Å². The highest BCUT2D eigenvalue weighted by Crippen LogP contribution is 2.35. The molecule has 0 aliphatic heterocycles. The second kappa shape index (κ2) is 7.21. The standard InChI is InChI=1S/C14H12F5N3O4S/c1-2-27(24,25)9-3-4-10(23)22-12(9)8-5-21-11(6-20-8)26-7-13(15,16)14(17,18)19/h3-6H,2,7H2,1H3,(H,22,23). The summed E-state index contributed by atoms with van der Waals surface area (Å²) in [4.78, 5) is 20.8. The Morgan fingerprint density at radius 2 is 1.78 bits per heavy atom. The number of H-pyrrole nitrogens is 1. The van der Waals surface area contributed by atoms with E-state index in [0.717, 1.165) is 24.5 Å². The fourth-order valence-corrected chi connectivity index (χ4v) is 2.89. The summed E-state index contributed by atoms with van der Waals surface area (Å²) in [5.74, 6) is -5.99. The van der Waals surface area contributed by atoms with Gasteiger partial charge in [-0.05, 0) is 6.07 Å². The summed E-state index contributed by atoms with van der Waals surface area (Å²) in [5.41, 5.74) is -0.967. The Morgan fingerprint density at radius 3 is 2.30 bits per heavy atom. The molecule has 0 fully saturated rings. The van der Waals surface area contributed by atoms with E-state index in [-0.39, 0.29) is 22.0 Å². The quantitative estimate of drug-likeness (QED) is 0.729. The molecular weight excluding hydrogens is 401 g/mol. The summed E-state index contributed by atoms with van der Waals surface area (Å²) in [6, 6.07) is 2.07. The van der Waals surface area contributed by atoms with E-state index in [1.54, 1.807) is 0 Å². The Kier molecular flexibility index (Phi) is 5.54. The average Bonchev–Trinajstić information content (AvgIpc) is 2.59.